The van der Waals surface area contributed by atoms with Crippen molar-refractivity contribution in [1.82, 2.24) is 9.97 Å². The van der Waals surface area contributed by atoms with Crippen molar-refractivity contribution in [2.75, 3.05) is 47.6 Å². The van der Waals surface area contributed by atoms with E-state index < -0.39 is 0 Å². The van der Waals surface area contributed by atoms with Crippen LogP contribution in [0.4, 0.5) is 17.3 Å². The van der Waals surface area contributed by atoms with Crippen molar-refractivity contribution in [1.29, 1.82) is 0 Å². The lowest BCUT2D eigenvalue weighted by Gasteiger charge is -2.36. The molecule has 1 saturated heterocycles. The number of thioether (sulfide) groups is 1. The molecule has 7 heteroatoms. The number of nitrogens with one attached hydrogen (secondary N) is 1. The van der Waals surface area contributed by atoms with E-state index in [0.29, 0.717) is 17.2 Å². The molecule has 1 aliphatic rings. The van der Waals surface area contributed by atoms with Crippen LogP contribution in [0.3, 0.4) is 0 Å². The van der Waals surface area contributed by atoms with E-state index in [2.05, 4.69) is 49.4 Å². The van der Waals surface area contributed by atoms with Gasteiger partial charge in [-0.25, -0.2) is 9.97 Å². The van der Waals surface area contributed by atoms with Crippen molar-refractivity contribution in [3.8, 4) is 0 Å². The van der Waals surface area contributed by atoms with Gasteiger partial charge < -0.3 is 15.1 Å². The summed E-state index contributed by atoms with van der Waals surface area (Å²) in [6, 6.07) is 18.0. The Kier molecular flexibility index (Phi) is 5.95. The van der Waals surface area contributed by atoms with Crippen LogP contribution in [-0.2, 0) is 0 Å². The summed E-state index contributed by atoms with van der Waals surface area (Å²) >= 11 is 1.65. The lowest BCUT2D eigenvalue weighted by Crippen LogP contribution is -2.47. The summed E-state index contributed by atoms with van der Waals surface area (Å²) in [5.41, 5.74) is 2.45. The van der Waals surface area contributed by atoms with E-state index in [9.17, 15) is 4.79 Å². The average Bonchev–Trinajstić information content (AvgIpc) is 2.80. The summed E-state index contributed by atoms with van der Waals surface area (Å²) in [5, 5.41) is 2.86. The third kappa shape index (κ3) is 4.68. The van der Waals surface area contributed by atoms with Gasteiger partial charge in [0.1, 0.15) is 0 Å². The van der Waals surface area contributed by atoms with Gasteiger partial charge in [0, 0.05) is 42.3 Å². The van der Waals surface area contributed by atoms with Gasteiger partial charge >= 0.3 is 0 Å². The zero-order chi connectivity index (χ0) is 20.1. The molecule has 0 atom stereocenters. The number of nitrogens with zero attached hydrogens (tertiary/aromatic N) is 4. The first-order chi connectivity index (χ1) is 14.2. The van der Waals surface area contributed by atoms with Crippen molar-refractivity contribution in [2.45, 2.75) is 4.90 Å². The average molecular weight is 406 g/mol. The largest absolute Gasteiger partial charge is 0.368 e. The van der Waals surface area contributed by atoms with Gasteiger partial charge in [0.2, 0.25) is 5.95 Å². The van der Waals surface area contributed by atoms with Crippen LogP contribution in [0.15, 0.2) is 71.9 Å². The minimum Gasteiger partial charge on any atom is -0.368 e. The normalized spacial score (nSPS) is 14.0. The molecule has 1 amide bonds. The van der Waals surface area contributed by atoms with Crippen LogP contribution in [0.5, 0.6) is 0 Å². The third-order valence-electron chi connectivity index (χ3n) is 4.93. The molecule has 148 valence electrons. The van der Waals surface area contributed by atoms with Crippen LogP contribution in [-0.4, -0.2) is 48.3 Å². The Morgan fingerprint density at radius 3 is 2.14 bits per heavy atom. The zero-order valence-electron chi connectivity index (χ0n) is 16.3. The highest BCUT2D eigenvalue weighted by atomic mass is 32.2. The predicted molar refractivity (Wildman–Crippen MR) is 119 cm³/mol. The topological polar surface area (TPSA) is 61.4 Å². The Hall–Kier alpha value is -3.06. The maximum absolute atomic E-state index is 12.4. The maximum Gasteiger partial charge on any atom is 0.255 e. The maximum atomic E-state index is 12.4. The quantitative estimate of drug-likeness (QED) is 0.652. The molecule has 1 fully saturated rings. The van der Waals surface area contributed by atoms with Crippen molar-refractivity contribution in [3.63, 3.8) is 0 Å². The Morgan fingerprint density at radius 2 is 1.52 bits per heavy atom. The minimum absolute atomic E-state index is 0.162. The van der Waals surface area contributed by atoms with Crippen LogP contribution in [0.25, 0.3) is 0 Å². The summed E-state index contributed by atoms with van der Waals surface area (Å²) in [7, 11) is 0. The van der Waals surface area contributed by atoms with Crippen molar-refractivity contribution < 1.29 is 4.79 Å². The van der Waals surface area contributed by atoms with Gasteiger partial charge in [-0.3, -0.25) is 4.79 Å². The number of hydrogen-bond acceptors (Lipinski definition) is 6. The summed E-state index contributed by atoms with van der Waals surface area (Å²) in [5.74, 6) is 0.533. The SMILES string of the molecule is CSc1ccc(C(=O)Nc2cnc(N3CCN(c4ccccc4)CC3)nc2)cc1. The van der Waals surface area contributed by atoms with Gasteiger partial charge in [0.15, 0.2) is 0 Å². The fourth-order valence-electron chi connectivity index (χ4n) is 3.30. The lowest BCUT2D eigenvalue weighted by molar-refractivity contribution is 0.102. The predicted octanol–water partition coefficient (Wildman–Crippen LogP) is 3.78. The van der Waals surface area contributed by atoms with E-state index in [-0.39, 0.29) is 5.91 Å². The van der Waals surface area contributed by atoms with Crippen molar-refractivity contribution in [2.24, 2.45) is 0 Å². The van der Waals surface area contributed by atoms with E-state index in [0.717, 1.165) is 31.1 Å². The molecule has 1 aromatic heterocycles. The Bertz CT molecular complexity index is 939. The van der Waals surface area contributed by atoms with Crippen LogP contribution >= 0.6 is 11.8 Å². The van der Waals surface area contributed by atoms with Gasteiger partial charge in [-0.1, -0.05) is 18.2 Å². The second-order valence-electron chi connectivity index (χ2n) is 6.76. The number of carbonyl (C=O) groups excluding carboxylic acids is 1. The number of amides is 1. The van der Waals surface area contributed by atoms with Gasteiger partial charge in [0.05, 0.1) is 18.1 Å². The molecule has 4 rings (SSSR count). The molecule has 0 unspecified atom stereocenters. The first kappa shape index (κ1) is 19.3. The van der Waals surface area contributed by atoms with Gasteiger partial charge in [-0.05, 0) is 42.7 Å². The number of aromatic nitrogens is 2. The van der Waals surface area contributed by atoms with Crippen LogP contribution in [0.2, 0.25) is 0 Å². The molecule has 0 aliphatic carbocycles. The monoisotopic (exact) mass is 405 g/mol. The van der Waals surface area contributed by atoms with Crippen molar-refractivity contribution >= 4 is 35.0 Å². The van der Waals surface area contributed by atoms with E-state index in [4.69, 9.17) is 0 Å². The van der Waals surface area contributed by atoms with Crippen LogP contribution in [0, 0.1) is 0 Å². The van der Waals surface area contributed by atoms with E-state index in [1.54, 1.807) is 24.2 Å². The molecule has 2 heterocycles. The van der Waals surface area contributed by atoms with Gasteiger partial charge in [-0.15, -0.1) is 11.8 Å². The highest BCUT2D eigenvalue weighted by molar-refractivity contribution is 7.98. The molecule has 0 saturated carbocycles. The number of carbonyl (C=O) groups is 1. The molecule has 29 heavy (non-hydrogen) atoms. The van der Waals surface area contributed by atoms with Crippen molar-refractivity contribution in [3.05, 3.63) is 72.6 Å². The number of anilines is 3. The lowest BCUT2D eigenvalue weighted by atomic mass is 10.2. The Morgan fingerprint density at radius 1 is 0.897 bits per heavy atom. The highest BCUT2D eigenvalue weighted by Gasteiger charge is 2.19. The number of piperazine rings is 1. The fraction of sp³-hybridized carbons (Fsp3) is 0.227. The molecular weight excluding hydrogens is 382 g/mol. The molecule has 1 N–H and O–H groups in total. The van der Waals surface area contributed by atoms with Gasteiger partial charge in [0.25, 0.3) is 5.91 Å². The Labute approximate surface area is 175 Å². The highest BCUT2D eigenvalue weighted by Crippen LogP contribution is 2.19. The number of hydrogen-bond donors (Lipinski definition) is 1. The second kappa shape index (κ2) is 8.96. The number of para-hydroxylation sites is 1. The molecule has 0 radical (unpaired) electrons. The summed E-state index contributed by atoms with van der Waals surface area (Å²) in [6.45, 7) is 3.58. The minimum atomic E-state index is -0.162. The third-order valence-corrected chi connectivity index (χ3v) is 5.68. The second-order valence-corrected chi connectivity index (χ2v) is 7.64. The number of rotatable bonds is 5. The first-order valence-electron chi connectivity index (χ1n) is 9.55. The summed E-state index contributed by atoms with van der Waals surface area (Å²) in [4.78, 5) is 27.0. The van der Waals surface area contributed by atoms with E-state index in [1.165, 1.54) is 5.69 Å². The van der Waals surface area contributed by atoms with E-state index >= 15 is 0 Å². The standard InChI is InChI=1S/C22H23N5OS/c1-29-20-9-7-17(8-10-20)21(28)25-18-15-23-22(24-16-18)27-13-11-26(12-14-27)19-5-3-2-4-6-19/h2-10,15-16H,11-14H2,1H3,(H,25,28). The van der Waals surface area contributed by atoms with Crippen LogP contribution in [0.1, 0.15) is 10.4 Å². The first-order valence-corrected chi connectivity index (χ1v) is 10.8. The summed E-state index contributed by atoms with van der Waals surface area (Å²) < 4.78 is 0. The molecule has 2 aromatic carbocycles. The fourth-order valence-corrected chi connectivity index (χ4v) is 3.71. The van der Waals surface area contributed by atoms with E-state index in [1.807, 2.05) is 36.6 Å². The smallest absolute Gasteiger partial charge is 0.255 e. The molecule has 6 nitrogen and oxygen atoms in total. The zero-order valence-corrected chi connectivity index (χ0v) is 17.1. The molecule has 3 aromatic rings. The molecule has 0 bridgehead atoms. The molecule has 1 aliphatic heterocycles. The molecule has 0 spiro atoms. The Balaban J connectivity index is 1.34. The summed E-state index contributed by atoms with van der Waals surface area (Å²) in [6.07, 6.45) is 5.34. The number of benzene rings is 2. The molecular formula is C22H23N5OS. The van der Waals surface area contributed by atoms with Gasteiger partial charge in [-0.2, -0.15) is 0 Å². The van der Waals surface area contributed by atoms with Crippen LogP contribution < -0.4 is 15.1 Å².